The molecular formula is C14H14ClNO2. The summed E-state index contributed by atoms with van der Waals surface area (Å²) in [6.07, 6.45) is 3.20. The molecule has 0 saturated carbocycles. The van der Waals surface area contributed by atoms with Crippen LogP contribution in [0.2, 0.25) is 5.02 Å². The van der Waals surface area contributed by atoms with Gasteiger partial charge in [0.1, 0.15) is 0 Å². The molecule has 1 N–H and O–H groups in total. The molecule has 0 aliphatic heterocycles. The number of aryl methyl sites for hydroxylation is 1. The van der Waals surface area contributed by atoms with Crippen molar-refractivity contribution in [3.63, 3.8) is 0 Å². The summed E-state index contributed by atoms with van der Waals surface area (Å²) in [5.41, 5.74) is 2.94. The molecule has 0 atom stereocenters. The van der Waals surface area contributed by atoms with Gasteiger partial charge in [-0.05, 0) is 32.1 Å². The molecule has 0 unspecified atom stereocenters. The number of halogens is 1. The summed E-state index contributed by atoms with van der Waals surface area (Å²) in [5, 5.41) is 1.72. The van der Waals surface area contributed by atoms with Crippen LogP contribution in [0.15, 0.2) is 24.3 Å². The number of nitrogens with one attached hydrogen (secondary N) is 1. The quantitative estimate of drug-likeness (QED) is 0.678. The van der Waals surface area contributed by atoms with E-state index in [2.05, 4.69) is 4.98 Å². The molecule has 1 heterocycles. The number of ether oxygens (including phenoxy) is 1. The number of fused-ring (bicyclic) bond motifs is 1. The Morgan fingerprint density at radius 1 is 1.50 bits per heavy atom. The van der Waals surface area contributed by atoms with Crippen LogP contribution in [-0.4, -0.2) is 17.6 Å². The fraction of sp³-hybridized carbons (Fsp3) is 0.214. The van der Waals surface area contributed by atoms with Crippen molar-refractivity contribution >= 4 is 34.5 Å². The second-order valence-corrected chi connectivity index (χ2v) is 4.38. The lowest BCUT2D eigenvalue weighted by atomic mass is 10.1. The molecule has 4 heteroatoms. The molecule has 0 spiro atoms. The number of rotatable bonds is 3. The van der Waals surface area contributed by atoms with E-state index in [4.69, 9.17) is 16.3 Å². The summed E-state index contributed by atoms with van der Waals surface area (Å²) in [6.45, 7) is 4.12. The first-order valence-electron chi connectivity index (χ1n) is 5.74. The molecule has 1 aromatic heterocycles. The molecule has 2 rings (SSSR count). The summed E-state index contributed by atoms with van der Waals surface area (Å²) >= 11 is 5.94. The number of benzene rings is 1. The van der Waals surface area contributed by atoms with Gasteiger partial charge in [-0.2, -0.15) is 0 Å². The fourth-order valence-electron chi connectivity index (χ4n) is 1.88. The molecule has 2 aromatic rings. The van der Waals surface area contributed by atoms with Gasteiger partial charge in [0.25, 0.3) is 0 Å². The third-order valence-corrected chi connectivity index (χ3v) is 2.91. The average Bonchev–Trinajstić information content (AvgIpc) is 2.61. The van der Waals surface area contributed by atoms with Crippen LogP contribution in [0.3, 0.4) is 0 Å². The monoisotopic (exact) mass is 263 g/mol. The zero-order chi connectivity index (χ0) is 13.1. The van der Waals surface area contributed by atoms with Gasteiger partial charge in [0.2, 0.25) is 0 Å². The summed E-state index contributed by atoms with van der Waals surface area (Å²) in [6, 6.07) is 5.64. The summed E-state index contributed by atoms with van der Waals surface area (Å²) in [7, 11) is 0. The van der Waals surface area contributed by atoms with E-state index in [9.17, 15) is 4.79 Å². The fourth-order valence-corrected chi connectivity index (χ4v) is 2.05. The van der Waals surface area contributed by atoms with E-state index >= 15 is 0 Å². The second kappa shape index (κ2) is 5.27. The number of esters is 1. The van der Waals surface area contributed by atoms with Crippen LogP contribution in [0.1, 0.15) is 18.2 Å². The van der Waals surface area contributed by atoms with Gasteiger partial charge >= 0.3 is 5.97 Å². The Morgan fingerprint density at radius 3 is 3.00 bits per heavy atom. The third kappa shape index (κ3) is 2.57. The minimum absolute atomic E-state index is 0.333. The zero-order valence-corrected chi connectivity index (χ0v) is 11.0. The summed E-state index contributed by atoms with van der Waals surface area (Å²) in [5.74, 6) is -0.333. The minimum Gasteiger partial charge on any atom is -0.463 e. The predicted octanol–water partition coefficient (Wildman–Crippen LogP) is 3.71. The molecule has 0 radical (unpaired) electrons. The van der Waals surface area contributed by atoms with Crippen molar-refractivity contribution < 1.29 is 9.53 Å². The van der Waals surface area contributed by atoms with Crippen LogP contribution in [0.25, 0.3) is 17.0 Å². The highest BCUT2D eigenvalue weighted by Crippen LogP contribution is 2.25. The molecule has 0 amide bonds. The van der Waals surface area contributed by atoms with E-state index in [-0.39, 0.29) is 5.97 Å². The van der Waals surface area contributed by atoms with Crippen LogP contribution in [-0.2, 0) is 9.53 Å². The Bertz CT molecular complexity index is 614. The number of hydrogen-bond donors (Lipinski definition) is 1. The zero-order valence-electron chi connectivity index (χ0n) is 10.3. The van der Waals surface area contributed by atoms with E-state index in [1.807, 2.05) is 25.1 Å². The van der Waals surface area contributed by atoms with Crippen LogP contribution in [0, 0.1) is 6.92 Å². The maximum atomic E-state index is 11.3. The second-order valence-electron chi connectivity index (χ2n) is 3.94. The van der Waals surface area contributed by atoms with E-state index in [1.54, 1.807) is 13.0 Å². The SMILES string of the molecule is CCOC(=O)/C=C/c1c(C)[nH]c2cc(Cl)ccc12. The maximum absolute atomic E-state index is 11.3. The standard InChI is InChI=1S/C14H14ClNO2/c1-3-18-14(17)7-6-11-9(2)16-13-8-10(15)4-5-12(11)13/h4-8,16H,3H2,1-2H3/b7-6+. The topological polar surface area (TPSA) is 42.1 Å². The molecule has 0 bridgehead atoms. The number of aromatic amines is 1. The van der Waals surface area contributed by atoms with E-state index < -0.39 is 0 Å². The summed E-state index contributed by atoms with van der Waals surface area (Å²) < 4.78 is 4.85. The predicted molar refractivity (Wildman–Crippen MR) is 73.7 cm³/mol. The number of hydrogen-bond acceptors (Lipinski definition) is 2. The normalized spacial score (nSPS) is 11.3. The van der Waals surface area contributed by atoms with Crippen molar-refractivity contribution in [2.24, 2.45) is 0 Å². The Morgan fingerprint density at radius 2 is 2.28 bits per heavy atom. The van der Waals surface area contributed by atoms with Crippen molar-refractivity contribution in [3.05, 3.63) is 40.6 Å². The van der Waals surface area contributed by atoms with Crippen LogP contribution >= 0.6 is 11.6 Å². The van der Waals surface area contributed by atoms with Crippen LogP contribution in [0.5, 0.6) is 0 Å². The van der Waals surface area contributed by atoms with Crippen LogP contribution in [0.4, 0.5) is 0 Å². The van der Waals surface area contributed by atoms with Crippen molar-refractivity contribution in [2.45, 2.75) is 13.8 Å². The molecule has 94 valence electrons. The first-order valence-corrected chi connectivity index (χ1v) is 6.12. The maximum Gasteiger partial charge on any atom is 0.330 e. The molecular weight excluding hydrogens is 250 g/mol. The van der Waals surface area contributed by atoms with Gasteiger partial charge in [-0.1, -0.05) is 17.7 Å². The summed E-state index contributed by atoms with van der Waals surface area (Å²) in [4.78, 5) is 14.5. The van der Waals surface area contributed by atoms with Crippen molar-refractivity contribution in [1.82, 2.24) is 4.98 Å². The van der Waals surface area contributed by atoms with Gasteiger partial charge in [-0.25, -0.2) is 4.79 Å². The number of H-pyrrole nitrogens is 1. The van der Waals surface area contributed by atoms with E-state index in [0.29, 0.717) is 11.6 Å². The molecule has 18 heavy (non-hydrogen) atoms. The van der Waals surface area contributed by atoms with E-state index in [0.717, 1.165) is 22.2 Å². The first kappa shape index (κ1) is 12.7. The number of carbonyl (C=O) groups excluding carboxylic acids is 1. The smallest absolute Gasteiger partial charge is 0.330 e. The molecule has 0 aliphatic rings. The van der Waals surface area contributed by atoms with Gasteiger partial charge in [0, 0.05) is 33.3 Å². The van der Waals surface area contributed by atoms with Crippen molar-refractivity contribution in [2.75, 3.05) is 6.61 Å². The lowest BCUT2D eigenvalue weighted by Crippen LogP contribution is -1.98. The third-order valence-electron chi connectivity index (χ3n) is 2.67. The largest absolute Gasteiger partial charge is 0.463 e. The van der Waals surface area contributed by atoms with Gasteiger partial charge in [-0.3, -0.25) is 0 Å². The number of carbonyl (C=O) groups is 1. The molecule has 1 aromatic carbocycles. The molecule has 0 saturated heterocycles. The number of aromatic nitrogens is 1. The van der Waals surface area contributed by atoms with Gasteiger partial charge in [-0.15, -0.1) is 0 Å². The highest BCUT2D eigenvalue weighted by molar-refractivity contribution is 6.31. The van der Waals surface area contributed by atoms with Crippen molar-refractivity contribution in [3.8, 4) is 0 Å². The molecule has 0 aliphatic carbocycles. The van der Waals surface area contributed by atoms with Gasteiger partial charge in [0.15, 0.2) is 0 Å². The van der Waals surface area contributed by atoms with Crippen molar-refractivity contribution in [1.29, 1.82) is 0 Å². The first-order chi connectivity index (χ1) is 8.61. The minimum atomic E-state index is -0.333. The highest BCUT2D eigenvalue weighted by Gasteiger charge is 2.06. The highest BCUT2D eigenvalue weighted by atomic mass is 35.5. The van der Waals surface area contributed by atoms with E-state index in [1.165, 1.54) is 6.08 Å². The molecule has 0 fully saturated rings. The molecule has 3 nitrogen and oxygen atoms in total. The Balaban J connectivity index is 2.39. The Kier molecular flexibility index (Phi) is 3.72. The lowest BCUT2D eigenvalue weighted by molar-refractivity contribution is -0.137. The van der Waals surface area contributed by atoms with Gasteiger partial charge in [0.05, 0.1) is 6.61 Å². The van der Waals surface area contributed by atoms with Gasteiger partial charge < -0.3 is 9.72 Å². The lowest BCUT2D eigenvalue weighted by Gasteiger charge is -1.96. The Labute approximate surface area is 110 Å². The van der Waals surface area contributed by atoms with Crippen LogP contribution < -0.4 is 0 Å². The average molecular weight is 264 g/mol. The Hall–Kier alpha value is -1.74.